The highest BCUT2D eigenvalue weighted by Crippen LogP contribution is 2.37. The fourth-order valence-corrected chi connectivity index (χ4v) is 2.83. The Morgan fingerprint density at radius 1 is 1.47 bits per heavy atom. The summed E-state index contributed by atoms with van der Waals surface area (Å²) in [6, 6.07) is 2.19. The molecule has 1 saturated heterocycles. The van der Waals surface area contributed by atoms with Gasteiger partial charge >= 0.3 is 0 Å². The zero-order chi connectivity index (χ0) is 13.4. The van der Waals surface area contributed by atoms with Gasteiger partial charge < -0.3 is 14.8 Å². The molecule has 0 aromatic carbocycles. The van der Waals surface area contributed by atoms with Crippen LogP contribution in [0.1, 0.15) is 37.4 Å². The molecule has 2 heterocycles. The van der Waals surface area contributed by atoms with E-state index in [1.807, 2.05) is 7.05 Å². The van der Waals surface area contributed by atoms with E-state index in [2.05, 4.69) is 26.8 Å². The molecule has 0 radical (unpaired) electrons. The van der Waals surface area contributed by atoms with Crippen LogP contribution >= 0.6 is 0 Å². The molecule has 1 aromatic rings. The first-order valence-corrected chi connectivity index (χ1v) is 7.16. The Hall–Kier alpha value is -1.36. The smallest absolute Gasteiger partial charge is 0.252 e. The van der Waals surface area contributed by atoms with Gasteiger partial charge in [0.2, 0.25) is 0 Å². The molecule has 5 nitrogen and oxygen atoms in total. The van der Waals surface area contributed by atoms with Crippen LogP contribution in [0, 0.1) is 0 Å². The van der Waals surface area contributed by atoms with E-state index in [4.69, 9.17) is 0 Å². The lowest BCUT2D eigenvalue weighted by molar-refractivity contribution is 0.314. The van der Waals surface area contributed by atoms with Crippen LogP contribution in [0.3, 0.4) is 0 Å². The van der Waals surface area contributed by atoms with Crippen molar-refractivity contribution in [2.45, 2.75) is 37.6 Å². The second kappa shape index (κ2) is 4.96. The third-order valence-electron chi connectivity index (χ3n) is 4.26. The Morgan fingerprint density at radius 3 is 2.89 bits per heavy atom. The summed E-state index contributed by atoms with van der Waals surface area (Å²) < 4.78 is 0. The number of nitrogens with one attached hydrogen (secondary N) is 1. The van der Waals surface area contributed by atoms with E-state index in [1.54, 1.807) is 6.07 Å². The largest absolute Gasteiger partial charge is 0.358 e. The van der Waals surface area contributed by atoms with Crippen LogP contribution in [0.15, 0.2) is 10.9 Å². The molecule has 0 amide bonds. The van der Waals surface area contributed by atoms with Crippen LogP contribution in [0.4, 0.5) is 5.82 Å². The molecule has 0 bridgehead atoms. The van der Waals surface area contributed by atoms with Gasteiger partial charge in [-0.25, -0.2) is 4.98 Å². The molecule has 19 heavy (non-hydrogen) atoms. The highest BCUT2D eigenvalue weighted by atomic mass is 16.1. The lowest BCUT2D eigenvalue weighted by atomic mass is 10.2. The van der Waals surface area contributed by atoms with Gasteiger partial charge in [0.1, 0.15) is 11.6 Å². The fourth-order valence-electron chi connectivity index (χ4n) is 2.83. The molecule has 3 rings (SSSR count). The summed E-state index contributed by atoms with van der Waals surface area (Å²) in [6.07, 6.45) is 4.81. The quantitative estimate of drug-likeness (QED) is 0.885. The number of hydrogen-bond donors (Lipinski definition) is 1. The molecule has 1 aromatic heterocycles. The summed E-state index contributed by atoms with van der Waals surface area (Å²) in [5, 5.41) is 0. The van der Waals surface area contributed by atoms with E-state index in [-0.39, 0.29) is 5.56 Å². The van der Waals surface area contributed by atoms with E-state index in [0.717, 1.165) is 31.0 Å². The maximum Gasteiger partial charge on any atom is 0.252 e. The predicted molar refractivity (Wildman–Crippen MR) is 75.8 cm³/mol. The second-order valence-corrected chi connectivity index (χ2v) is 5.92. The number of hydrogen-bond acceptors (Lipinski definition) is 4. The van der Waals surface area contributed by atoms with Crippen molar-refractivity contribution < 1.29 is 0 Å². The summed E-state index contributed by atoms with van der Waals surface area (Å²) in [7, 11) is 4.21. The highest BCUT2D eigenvalue weighted by Gasteiger charge is 2.27. The first-order valence-electron chi connectivity index (χ1n) is 7.16. The summed E-state index contributed by atoms with van der Waals surface area (Å²) in [6.45, 7) is 2.12. The molecule has 2 aliphatic rings. The number of aromatic amines is 1. The predicted octanol–water partition coefficient (Wildman–Crippen LogP) is 1.18. The second-order valence-electron chi connectivity index (χ2n) is 5.92. The van der Waals surface area contributed by atoms with E-state index in [1.165, 1.54) is 19.4 Å². The molecule has 1 saturated carbocycles. The van der Waals surface area contributed by atoms with Crippen molar-refractivity contribution in [3.63, 3.8) is 0 Å². The van der Waals surface area contributed by atoms with Gasteiger partial charge in [-0.05, 0) is 39.3 Å². The maximum atomic E-state index is 11.7. The Kier molecular flexibility index (Phi) is 3.31. The van der Waals surface area contributed by atoms with Crippen LogP contribution in [0.25, 0.3) is 0 Å². The number of likely N-dealkylation sites (tertiary alicyclic amines) is 1. The van der Waals surface area contributed by atoms with E-state index < -0.39 is 0 Å². The third kappa shape index (κ3) is 2.81. The minimum atomic E-state index is -0.0291. The first kappa shape index (κ1) is 12.7. The molecule has 1 N–H and O–H groups in total. The highest BCUT2D eigenvalue weighted by molar-refractivity contribution is 5.37. The topological polar surface area (TPSA) is 52.2 Å². The van der Waals surface area contributed by atoms with Crippen molar-refractivity contribution in [1.82, 2.24) is 14.9 Å². The van der Waals surface area contributed by atoms with Gasteiger partial charge in [0.15, 0.2) is 0 Å². The lowest BCUT2D eigenvalue weighted by Crippen LogP contribution is -2.37. The Bertz CT molecular complexity index is 508. The van der Waals surface area contributed by atoms with Crippen molar-refractivity contribution in [1.29, 1.82) is 0 Å². The molecular formula is C14H22N4O. The zero-order valence-electron chi connectivity index (χ0n) is 11.7. The summed E-state index contributed by atoms with van der Waals surface area (Å²) >= 11 is 0. The number of H-pyrrole nitrogens is 1. The molecular weight excluding hydrogens is 240 g/mol. The van der Waals surface area contributed by atoms with Gasteiger partial charge in [0, 0.05) is 31.6 Å². The Morgan fingerprint density at radius 2 is 2.26 bits per heavy atom. The van der Waals surface area contributed by atoms with Crippen LogP contribution < -0.4 is 10.5 Å². The normalized spacial score (nSPS) is 23.8. The van der Waals surface area contributed by atoms with Gasteiger partial charge in [-0.1, -0.05) is 0 Å². The minimum Gasteiger partial charge on any atom is -0.358 e. The average Bonchev–Trinajstić information content (AvgIpc) is 3.15. The number of nitrogens with zero attached hydrogens (tertiary/aromatic N) is 3. The molecule has 5 heteroatoms. The standard InChI is InChI=1S/C14H22N4O/c1-17-7-3-4-11(17)9-18(2)12-8-13(19)16-14(15-12)10-5-6-10/h8,10-11H,3-7,9H2,1-2H3,(H,15,16,19). The lowest BCUT2D eigenvalue weighted by Gasteiger charge is -2.26. The maximum absolute atomic E-state index is 11.7. The number of anilines is 1. The number of rotatable bonds is 4. The van der Waals surface area contributed by atoms with Crippen LogP contribution in [0.5, 0.6) is 0 Å². The van der Waals surface area contributed by atoms with Crippen LogP contribution in [0.2, 0.25) is 0 Å². The summed E-state index contributed by atoms with van der Waals surface area (Å²) in [4.78, 5) is 23.7. The Labute approximate surface area is 113 Å². The van der Waals surface area contributed by atoms with Crippen LogP contribution in [-0.2, 0) is 0 Å². The molecule has 0 spiro atoms. The molecule has 1 atom stereocenters. The first-order chi connectivity index (χ1) is 9.13. The molecule has 1 aliphatic heterocycles. The number of likely N-dealkylation sites (N-methyl/N-ethyl adjacent to an activating group) is 2. The summed E-state index contributed by atoms with van der Waals surface area (Å²) in [5.41, 5.74) is -0.0291. The van der Waals surface area contributed by atoms with E-state index >= 15 is 0 Å². The number of aromatic nitrogens is 2. The van der Waals surface area contributed by atoms with Crippen molar-refractivity contribution >= 4 is 5.82 Å². The van der Waals surface area contributed by atoms with Gasteiger partial charge in [-0.3, -0.25) is 4.79 Å². The molecule has 2 fully saturated rings. The van der Waals surface area contributed by atoms with Gasteiger partial charge in [-0.2, -0.15) is 0 Å². The third-order valence-corrected chi connectivity index (χ3v) is 4.26. The van der Waals surface area contributed by atoms with E-state index in [9.17, 15) is 4.79 Å². The van der Waals surface area contributed by atoms with E-state index in [0.29, 0.717) is 12.0 Å². The van der Waals surface area contributed by atoms with Gasteiger partial charge in [0.25, 0.3) is 5.56 Å². The molecule has 1 unspecified atom stereocenters. The van der Waals surface area contributed by atoms with Crippen molar-refractivity contribution in [3.05, 3.63) is 22.2 Å². The SMILES string of the molecule is CN(CC1CCCN1C)c1cc(=O)[nH]c(C2CC2)n1. The van der Waals surface area contributed by atoms with Crippen molar-refractivity contribution in [3.8, 4) is 0 Å². The van der Waals surface area contributed by atoms with Gasteiger partial charge in [0.05, 0.1) is 0 Å². The Balaban J connectivity index is 1.75. The minimum absolute atomic E-state index is 0.0291. The monoisotopic (exact) mass is 262 g/mol. The average molecular weight is 262 g/mol. The molecule has 1 aliphatic carbocycles. The van der Waals surface area contributed by atoms with Crippen molar-refractivity contribution in [2.75, 3.05) is 32.1 Å². The molecule has 104 valence electrons. The zero-order valence-corrected chi connectivity index (χ0v) is 11.7. The van der Waals surface area contributed by atoms with Crippen molar-refractivity contribution in [2.24, 2.45) is 0 Å². The fraction of sp³-hybridized carbons (Fsp3) is 0.714. The van der Waals surface area contributed by atoms with Crippen LogP contribution in [-0.4, -0.2) is 48.1 Å². The van der Waals surface area contributed by atoms with Gasteiger partial charge in [-0.15, -0.1) is 0 Å². The summed E-state index contributed by atoms with van der Waals surface area (Å²) in [5.74, 6) is 2.16.